The van der Waals surface area contributed by atoms with E-state index in [9.17, 15) is 8.78 Å². The summed E-state index contributed by atoms with van der Waals surface area (Å²) in [5.41, 5.74) is 0. The SMILES string of the molecule is CCNC1COCC1CNCC(F)F. The first-order valence-corrected chi connectivity index (χ1v) is 5.04. The van der Waals surface area contributed by atoms with Gasteiger partial charge in [-0.05, 0) is 6.54 Å². The molecule has 0 bridgehead atoms. The predicted octanol–water partition coefficient (Wildman–Crippen LogP) is 0.466. The Morgan fingerprint density at radius 1 is 1.43 bits per heavy atom. The maximum absolute atomic E-state index is 11.8. The first-order chi connectivity index (χ1) is 6.74. The van der Waals surface area contributed by atoms with Gasteiger partial charge in [0.1, 0.15) is 0 Å². The molecule has 0 aromatic rings. The van der Waals surface area contributed by atoms with Gasteiger partial charge in [0.2, 0.25) is 0 Å². The highest BCUT2D eigenvalue weighted by molar-refractivity contribution is 4.82. The number of alkyl halides is 2. The molecule has 0 aromatic carbocycles. The van der Waals surface area contributed by atoms with Gasteiger partial charge in [0.15, 0.2) is 0 Å². The number of rotatable bonds is 6. The molecule has 2 atom stereocenters. The van der Waals surface area contributed by atoms with Crippen LogP contribution in [-0.2, 0) is 4.74 Å². The maximum atomic E-state index is 11.8. The third-order valence-corrected chi connectivity index (χ3v) is 2.37. The van der Waals surface area contributed by atoms with Gasteiger partial charge in [0.25, 0.3) is 6.43 Å². The average molecular weight is 208 g/mol. The summed E-state index contributed by atoms with van der Waals surface area (Å²) >= 11 is 0. The highest BCUT2D eigenvalue weighted by Gasteiger charge is 2.26. The van der Waals surface area contributed by atoms with Crippen LogP contribution in [0.2, 0.25) is 0 Å². The van der Waals surface area contributed by atoms with E-state index >= 15 is 0 Å². The molecule has 1 aliphatic heterocycles. The molecule has 0 saturated carbocycles. The van der Waals surface area contributed by atoms with Gasteiger partial charge in [-0.15, -0.1) is 0 Å². The van der Waals surface area contributed by atoms with Crippen LogP contribution in [0.1, 0.15) is 6.92 Å². The van der Waals surface area contributed by atoms with Crippen LogP contribution in [0.4, 0.5) is 8.78 Å². The van der Waals surface area contributed by atoms with Crippen LogP contribution in [-0.4, -0.2) is 45.3 Å². The van der Waals surface area contributed by atoms with E-state index in [0.29, 0.717) is 31.7 Å². The first-order valence-electron chi connectivity index (χ1n) is 5.04. The second-order valence-corrected chi connectivity index (χ2v) is 3.51. The van der Waals surface area contributed by atoms with Gasteiger partial charge < -0.3 is 15.4 Å². The van der Waals surface area contributed by atoms with E-state index in [1.807, 2.05) is 6.92 Å². The summed E-state index contributed by atoms with van der Waals surface area (Å²) < 4.78 is 29.0. The van der Waals surface area contributed by atoms with Gasteiger partial charge >= 0.3 is 0 Å². The molecule has 1 saturated heterocycles. The Kier molecular flexibility index (Phi) is 5.29. The van der Waals surface area contributed by atoms with Crippen molar-refractivity contribution < 1.29 is 13.5 Å². The second kappa shape index (κ2) is 6.27. The van der Waals surface area contributed by atoms with Crippen molar-refractivity contribution in [2.45, 2.75) is 19.4 Å². The van der Waals surface area contributed by atoms with Crippen LogP contribution >= 0.6 is 0 Å². The first kappa shape index (κ1) is 11.8. The summed E-state index contributed by atoms with van der Waals surface area (Å²) in [4.78, 5) is 0. The van der Waals surface area contributed by atoms with Gasteiger partial charge in [-0.1, -0.05) is 6.92 Å². The smallest absolute Gasteiger partial charge is 0.250 e. The summed E-state index contributed by atoms with van der Waals surface area (Å²) in [6.07, 6.45) is -2.27. The van der Waals surface area contributed by atoms with Crippen molar-refractivity contribution >= 4 is 0 Å². The topological polar surface area (TPSA) is 33.3 Å². The van der Waals surface area contributed by atoms with Gasteiger partial charge in [0.05, 0.1) is 19.8 Å². The number of hydrogen-bond donors (Lipinski definition) is 2. The molecule has 3 nitrogen and oxygen atoms in total. The standard InChI is InChI=1S/C9H18F2N2O/c1-2-13-8-6-14-5-7(8)3-12-4-9(10)11/h7-9,12-13H,2-6H2,1H3. The molecule has 14 heavy (non-hydrogen) atoms. The van der Waals surface area contributed by atoms with Crippen LogP contribution in [0.5, 0.6) is 0 Å². The van der Waals surface area contributed by atoms with E-state index in [0.717, 1.165) is 6.54 Å². The fourth-order valence-electron chi connectivity index (χ4n) is 1.67. The predicted molar refractivity (Wildman–Crippen MR) is 50.6 cm³/mol. The zero-order valence-corrected chi connectivity index (χ0v) is 8.43. The quantitative estimate of drug-likeness (QED) is 0.665. The molecule has 2 unspecified atom stereocenters. The summed E-state index contributed by atoms with van der Waals surface area (Å²) in [5, 5.41) is 6.03. The second-order valence-electron chi connectivity index (χ2n) is 3.51. The highest BCUT2D eigenvalue weighted by atomic mass is 19.3. The minimum atomic E-state index is -2.27. The number of ether oxygens (including phenoxy) is 1. The van der Waals surface area contributed by atoms with E-state index in [4.69, 9.17) is 4.74 Å². The van der Waals surface area contributed by atoms with Crippen LogP contribution in [0.3, 0.4) is 0 Å². The molecule has 0 amide bonds. The van der Waals surface area contributed by atoms with Crippen molar-refractivity contribution in [1.29, 1.82) is 0 Å². The fraction of sp³-hybridized carbons (Fsp3) is 1.00. The van der Waals surface area contributed by atoms with Crippen LogP contribution in [0.25, 0.3) is 0 Å². The van der Waals surface area contributed by atoms with Crippen molar-refractivity contribution in [1.82, 2.24) is 10.6 Å². The molecular formula is C9H18F2N2O. The molecule has 1 fully saturated rings. The Bertz CT molecular complexity index is 158. The number of hydrogen-bond acceptors (Lipinski definition) is 3. The van der Waals surface area contributed by atoms with Gasteiger partial charge in [-0.25, -0.2) is 8.78 Å². The Balaban J connectivity index is 2.15. The van der Waals surface area contributed by atoms with Crippen LogP contribution < -0.4 is 10.6 Å². The molecule has 5 heteroatoms. The monoisotopic (exact) mass is 208 g/mol. The lowest BCUT2D eigenvalue weighted by Crippen LogP contribution is -2.41. The number of halogens is 2. The molecule has 84 valence electrons. The number of likely N-dealkylation sites (N-methyl/N-ethyl adjacent to an activating group) is 1. The summed E-state index contributed by atoms with van der Waals surface area (Å²) in [6, 6.07) is 0.310. The molecule has 2 N–H and O–H groups in total. The highest BCUT2D eigenvalue weighted by Crippen LogP contribution is 2.12. The van der Waals surface area contributed by atoms with Crippen molar-refractivity contribution in [3.8, 4) is 0 Å². The normalized spacial score (nSPS) is 27.4. The molecule has 0 spiro atoms. The molecule has 0 aliphatic carbocycles. The Morgan fingerprint density at radius 3 is 2.86 bits per heavy atom. The third-order valence-electron chi connectivity index (χ3n) is 2.37. The van der Waals surface area contributed by atoms with Crippen molar-refractivity contribution in [2.24, 2.45) is 5.92 Å². The van der Waals surface area contributed by atoms with Crippen LogP contribution in [0, 0.1) is 5.92 Å². The minimum absolute atomic E-state index is 0.227. The van der Waals surface area contributed by atoms with E-state index in [1.165, 1.54) is 0 Å². The third kappa shape index (κ3) is 3.86. The Hall–Kier alpha value is -0.260. The Morgan fingerprint density at radius 2 is 2.21 bits per heavy atom. The zero-order chi connectivity index (χ0) is 10.4. The van der Waals surface area contributed by atoms with Crippen LogP contribution in [0.15, 0.2) is 0 Å². The van der Waals surface area contributed by atoms with Crippen molar-refractivity contribution in [3.05, 3.63) is 0 Å². The lowest BCUT2D eigenvalue weighted by molar-refractivity contribution is 0.142. The largest absolute Gasteiger partial charge is 0.379 e. The van der Waals surface area contributed by atoms with E-state index in [-0.39, 0.29) is 6.54 Å². The molecule has 0 radical (unpaired) electrons. The van der Waals surface area contributed by atoms with E-state index < -0.39 is 6.43 Å². The maximum Gasteiger partial charge on any atom is 0.250 e. The van der Waals surface area contributed by atoms with E-state index in [2.05, 4.69) is 10.6 Å². The number of nitrogens with one attached hydrogen (secondary N) is 2. The lowest BCUT2D eigenvalue weighted by Gasteiger charge is -2.18. The lowest BCUT2D eigenvalue weighted by atomic mass is 10.0. The summed E-state index contributed by atoms with van der Waals surface area (Å²) in [5.74, 6) is 0.314. The average Bonchev–Trinajstić information content (AvgIpc) is 2.53. The van der Waals surface area contributed by atoms with E-state index in [1.54, 1.807) is 0 Å². The summed E-state index contributed by atoms with van der Waals surface area (Å²) in [6.45, 7) is 4.64. The molecule has 1 heterocycles. The minimum Gasteiger partial charge on any atom is -0.379 e. The molecule has 1 aliphatic rings. The Labute approximate surface area is 83.2 Å². The molecule has 0 aromatic heterocycles. The van der Waals surface area contributed by atoms with Gasteiger partial charge in [-0.2, -0.15) is 0 Å². The molecule has 1 rings (SSSR count). The van der Waals surface area contributed by atoms with Crippen molar-refractivity contribution in [2.75, 3.05) is 32.8 Å². The van der Waals surface area contributed by atoms with Gasteiger partial charge in [-0.3, -0.25) is 0 Å². The fourth-order valence-corrected chi connectivity index (χ4v) is 1.67. The van der Waals surface area contributed by atoms with Crippen molar-refractivity contribution in [3.63, 3.8) is 0 Å². The molecular weight excluding hydrogens is 190 g/mol. The summed E-state index contributed by atoms with van der Waals surface area (Å²) in [7, 11) is 0. The van der Waals surface area contributed by atoms with Gasteiger partial charge in [0, 0.05) is 18.5 Å². The zero-order valence-electron chi connectivity index (χ0n) is 8.43.